The number of carbonyl (C=O) groups is 4. The quantitative estimate of drug-likeness (QED) is 0.268. The summed E-state index contributed by atoms with van der Waals surface area (Å²) >= 11 is 0. The second kappa shape index (κ2) is 10.7. The predicted molar refractivity (Wildman–Crippen MR) is 95.2 cm³/mol. The topological polar surface area (TPSA) is 99.2 Å². The van der Waals surface area contributed by atoms with E-state index in [9.17, 15) is 19.2 Å². The van der Waals surface area contributed by atoms with E-state index in [4.69, 9.17) is 9.47 Å². The molecule has 1 heterocycles. The molecule has 26 heavy (non-hydrogen) atoms. The molecule has 1 aromatic rings. The molecule has 140 valence electrons. The van der Waals surface area contributed by atoms with E-state index in [1.165, 1.54) is 21.6 Å². The van der Waals surface area contributed by atoms with Gasteiger partial charge in [-0.05, 0) is 12.1 Å². The first kappa shape index (κ1) is 20.1. The maximum Gasteiger partial charge on any atom is 0.533 e. The molecule has 8 nitrogen and oxygen atoms in total. The fraction of sp³-hybridized carbons (Fsp3) is 0.375. The van der Waals surface area contributed by atoms with Gasteiger partial charge in [-0.25, -0.2) is 9.59 Å². The summed E-state index contributed by atoms with van der Waals surface area (Å²) in [5.74, 6) is -0.407. The minimum atomic E-state index is -1.09. The number of amides is 2. The Morgan fingerprint density at radius 3 is 2.12 bits per heavy atom. The predicted octanol–water partition coefficient (Wildman–Crippen LogP) is 2.44. The summed E-state index contributed by atoms with van der Waals surface area (Å²) in [5, 5.41) is 0.436. The van der Waals surface area contributed by atoms with Crippen LogP contribution in [-0.2, 0) is 23.9 Å². The first-order chi connectivity index (χ1) is 12.6. The lowest BCUT2D eigenvalue weighted by Crippen LogP contribution is -2.32. The molecule has 1 saturated heterocycles. The Balaban J connectivity index is 1.47. The van der Waals surface area contributed by atoms with Crippen molar-refractivity contribution in [2.24, 2.45) is 0 Å². The van der Waals surface area contributed by atoms with Crippen LogP contribution in [0.4, 0.5) is 4.79 Å². The Labute approximate surface area is 157 Å². The van der Waals surface area contributed by atoms with Crippen LogP contribution in [0.3, 0.4) is 0 Å². The van der Waals surface area contributed by atoms with Crippen molar-refractivity contribution < 1.29 is 33.5 Å². The van der Waals surface area contributed by atoms with Gasteiger partial charge in [0.15, 0.2) is 0 Å². The van der Waals surface area contributed by atoms with Crippen LogP contribution in [0.1, 0.15) is 23.2 Å². The van der Waals surface area contributed by atoms with Gasteiger partial charge in [-0.3, -0.25) is 14.4 Å². The zero-order valence-corrected chi connectivity index (χ0v) is 15.4. The molecule has 1 aliphatic rings. The Hall–Kier alpha value is -2.20. The molecule has 0 saturated carbocycles. The van der Waals surface area contributed by atoms with E-state index < -0.39 is 18.0 Å². The molecule has 1 aliphatic heterocycles. The van der Waals surface area contributed by atoms with Crippen LogP contribution >= 0.6 is 21.6 Å². The molecule has 1 fully saturated rings. The van der Waals surface area contributed by atoms with Crippen LogP contribution in [-0.4, -0.2) is 53.7 Å². The third-order valence-corrected chi connectivity index (χ3v) is 5.38. The summed E-state index contributed by atoms with van der Waals surface area (Å²) in [5.41, 5.74) is 0.507. The monoisotopic (exact) mass is 399 g/mol. The Morgan fingerprint density at radius 1 is 0.923 bits per heavy atom. The lowest BCUT2D eigenvalue weighted by atomic mass is 10.2. The molecular formula is C16H17NO7S2. The minimum Gasteiger partial charge on any atom is -0.461 e. The molecule has 0 unspecified atom stereocenters. The van der Waals surface area contributed by atoms with E-state index in [1.54, 1.807) is 24.3 Å². The van der Waals surface area contributed by atoms with Gasteiger partial charge in [0.25, 0.3) is 11.8 Å². The van der Waals surface area contributed by atoms with Crippen molar-refractivity contribution in [1.29, 1.82) is 0 Å². The van der Waals surface area contributed by atoms with Gasteiger partial charge in [0.05, 0.1) is 5.56 Å². The van der Waals surface area contributed by atoms with E-state index in [0.717, 1.165) is 0 Å². The van der Waals surface area contributed by atoms with E-state index in [-0.39, 0.29) is 32.0 Å². The first-order valence-corrected chi connectivity index (χ1v) is 10.2. The van der Waals surface area contributed by atoms with Crippen molar-refractivity contribution in [3.05, 3.63) is 35.9 Å². The average molecular weight is 399 g/mol. The highest BCUT2D eigenvalue weighted by Gasteiger charge is 2.33. The molecule has 0 radical (unpaired) electrons. The maximum absolute atomic E-state index is 11.7. The number of imide groups is 1. The SMILES string of the molecule is O=C(OCCSSCCOC(=O)c1ccccc1)ON1C(=O)CCC1=O. The lowest BCUT2D eigenvalue weighted by Gasteiger charge is -2.12. The van der Waals surface area contributed by atoms with Gasteiger partial charge in [-0.1, -0.05) is 44.9 Å². The molecule has 0 bridgehead atoms. The molecule has 0 atom stereocenters. The smallest absolute Gasteiger partial charge is 0.461 e. The summed E-state index contributed by atoms with van der Waals surface area (Å²) in [6.07, 6.45) is -1.02. The number of nitrogens with zero attached hydrogens (tertiary/aromatic N) is 1. The Bertz CT molecular complexity index is 637. The van der Waals surface area contributed by atoms with Crippen LogP contribution in [0.15, 0.2) is 30.3 Å². The van der Waals surface area contributed by atoms with E-state index in [0.29, 0.717) is 22.1 Å². The maximum atomic E-state index is 11.7. The third kappa shape index (κ3) is 6.60. The number of rotatable bonds is 9. The summed E-state index contributed by atoms with van der Waals surface area (Å²) in [6.45, 7) is 0.337. The van der Waals surface area contributed by atoms with Crippen molar-refractivity contribution in [1.82, 2.24) is 5.06 Å². The largest absolute Gasteiger partial charge is 0.533 e. The second-order valence-electron chi connectivity index (χ2n) is 4.92. The molecule has 10 heteroatoms. The van der Waals surface area contributed by atoms with Gasteiger partial charge < -0.3 is 9.47 Å². The van der Waals surface area contributed by atoms with Crippen molar-refractivity contribution in [2.45, 2.75) is 12.8 Å². The lowest BCUT2D eigenvalue weighted by molar-refractivity contribution is -0.176. The number of hydrogen-bond donors (Lipinski definition) is 0. The van der Waals surface area contributed by atoms with E-state index >= 15 is 0 Å². The Morgan fingerprint density at radius 2 is 1.50 bits per heavy atom. The summed E-state index contributed by atoms with van der Waals surface area (Å²) in [7, 11) is 2.90. The standard InChI is InChI=1S/C16H17NO7S2/c18-13-6-7-14(19)17(13)24-16(21)23-9-11-26-25-10-8-22-15(20)12-4-2-1-3-5-12/h1-5H,6-11H2. The number of carbonyl (C=O) groups excluding carboxylic acids is 4. The number of ether oxygens (including phenoxy) is 2. The van der Waals surface area contributed by atoms with Gasteiger partial charge in [0.2, 0.25) is 0 Å². The van der Waals surface area contributed by atoms with Crippen LogP contribution in [0, 0.1) is 0 Å². The van der Waals surface area contributed by atoms with Crippen LogP contribution in [0.25, 0.3) is 0 Å². The molecule has 2 rings (SSSR count). The van der Waals surface area contributed by atoms with Crippen molar-refractivity contribution in [3.63, 3.8) is 0 Å². The number of esters is 1. The summed E-state index contributed by atoms with van der Waals surface area (Å²) in [6, 6.07) is 8.72. The van der Waals surface area contributed by atoms with Crippen LogP contribution in [0.2, 0.25) is 0 Å². The van der Waals surface area contributed by atoms with Gasteiger partial charge in [0.1, 0.15) is 13.2 Å². The molecule has 0 N–H and O–H groups in total. The summed E-state index contributed by atoms with van der Waals surface area (Å²) < 4.78 is 9.90. The molecule has 0 spiro atoms. The zero-order valence-electron chi connectivity index (χ0n) is 13.8. The van der Waals surface area contributed by atoms with Crippen molar-refractivity contribution in [3.8, 4) is 0 Å². The van der Waals surface area contributed by atoms with E-state index in [2.05, 4.69) is 4.84 Å². The minimum absolute atomic E-state index is 0.0352. The zero-order chi connectivity index (χ0) is 18.8. The number of hydroxylamine groups is 2. The second-order valence-corrected chi connectivity index (χ2v) is 7.62. The first-order valence-electron chi connectivity index (χ1n) is 7.75. The fourth-order valence-corrected chi connectivity index (χ4v) is 3.52. The number of hydrogen-bond acceptors (Lipinski definition) is 9. The van der Waals surface area contributed by atoms with Crippen LogP contribution < -0.4 is 0 Å². The number of benzene rings is 1. The van der Waals surface area contributed by atoms with Crippen molar-refractivity contribution >= 4 is 45.5 Å². The third-order valence-electron chi connectivity index (χ3n) is 3.05. The van der Waals surface area contributed by atoms with E-state index in [1.807, 2.05) is 6.07 Å². The van der Waals surface area contributed by atoms with Gasteiger partial charge in [-0.15, -0.1) is 0 Å². The molecule has 2 amide bonds. The highest BCUT2D eigenvalue weighted by molar-refractivity contribution is 8.76. The Kier molecular flexibility index (Phi) is 8.29. The average Bonchev–Trinajstić information content (AvgIpc) is 2.96. The summed E-state index contributed by atoms with van der Waals surface area (Å²) in [4.78, 5) is 50.1. The molecular weight excluding hydrogens is 382 g/mol. The van der Waals surface area contributed by atoms with Gasteiger partial charge >= 0.3 is 12.1 Å². The highest BCUT2D eigenvalue weighted by atomic mass is 33.1. The van der Waals surface area contributed by atoms with Gasteiger partial charge in [-0.2, -0.15) is 0 Å². The normalized spacial score (nSPS) is 13.6. The fourth-order valence-electron chi connectivity index (χ4n) is 1.86. The molecule has 1 aromatic carbocycles. The van der Waals surface area contributed by atoms with Crippen LogP contribution in [0.5, 0.6) is 0 Å². The molecule has 0 aliphatic carbocycles. The van der Waals surface area contributed by atoms with Gasteiger partial charge in [0, 0.05) is 24.3 Å². The van der Waals surface area contributed by atoms with Crippen molar-refractivity contribution in [2.75, 3.05) is 24.7 Å². The molecule has 0 aromatic heterocycles. The highest BCUT2D eigenvalue weighted by Crippen LogP contribution is 2.20.